The summed E-state index contributed by atoms with van der Waals surface area (Å²) in [7, 11) is 0. The van der Waals surface area contributed by atoms with Crippen molar-refractivity contribution in [1.82, 2.24) is 20.2 Å². The normalized spacial score (nSPS) is 18.4. The fourth-order valence-electron chi connectivity index (χ4n) is 4.84. The Morgan fingerprint density at radius 2 is 2.10 bits per heavy atom. The topological polar surface area (TPSA) is 61.4 Å². The summed E-state index contributed by atoms with van der Waals surface area (Å²) in [6.45, 7) is 6.54. The second-order valence-electron chi connectivity index (χ2n) is 8.47. The van der Waals surface area contributed by atoms with E-state index < -0.39 is 6.43 Å². The minimum absolute atomic E-state index is 0.154. The van der Waals surface area contributed by atoms with Gasteiger partial charge in [0.15, 0.2) is 0 Å². The molecule has 2 aromatic rings. The Balaban J connectivity index is 1.20. The van der Waals surface area contributed by atoms with E-state index in [4.69, 9.17) is 4.98 Å². The summed E-state index contributed by atoms with van der Waals surface area (Å²) >= 11 is 0. The van der Waals surface area contributed by atoms with Crippen molar-refractivity contribution in [2.45, 2.75) is 45.8 Å². The van der Waals surface area contributed by atoms with Gasteiger partial charge >= 0.3 is 0 Å². The van der Waals surface area contributed by atoms with Gasteiger partial charge in [-0.3, -0.25) is 14.8 Å². The van der Waals surface area contributed by atoms with Gasteiger partial charge in [-0.2, -0.15) is 0 Å². The van der Waals surface area contributed by atoms with E-state index in [9.17, 15) is 13.6 Å². The van der Waals surface area contributed by atoms with Crippen LogP contribution in [0.1, 0.15) is 46.6 Å². The number of carbonyl (C=O) groups excluding carboxylic acids is 1. The van der Waals surface area contributed by atoms with E-state index in [0.717, 1.165) is 36.6 Å². The monoisotopic (exact) mass is 413 g/mol. The number of hydrogen-bond donors (Lipinski definition) is 1. The molecule has 158 valence electrons. The first-order chi connectivity index (χ1) is 14.5. The molecule has 0 aliphatic carbocycles. The van der Waals surface area contributed by atoms with E-state index in [1.165, 1.54) is 29.0 Å². The highest BCUT2D eigenvalue weighted by Gasteiger charge is 2.34. The van der Waals surface area contributed by atoms with E-state index in [1.54, 1.807) is 6.07 Å². The number of carbonyl (C=O) groups is 1. The number of halogens is 2. The Bertz CT molecular complexity index is 990. The zero-order valence-corrected chi connectivity index (χ0v) is 17.0. The quantitative estimate of drug-likeness (QED) is 0.835. The Kier molecular flexibility index (Phi) is 4.89. The van der Waals surface area contributed by atoms with Crippen molar-refractivity contribution >= 4 is 11.6 Å². The molecule has 0 atom stereocenters. The van der Waals surface area contributed by atoms with E-state index in [1.807, 2.05) is 9.80 Å². The first kappa shape index (κ1) is 19.4. The van der Waals surface area contributed by atoms with Crippen molar-refractivity contribution in [3.8, 4) is 0 Å². The Hall–Kier alpha value is -2.61. The van der Waals surface area contributed by atoms with Gasteiger partial charge in [0.1, 0.15) is 5.69 Å². The molecule has 1 N–H and O–H groups in total. The zero-order chi connectivity index (χ0) is 20.8. The molecular weight excluding hydrogens is 388 g/mol. The summed E-state index contributed by atoms with van der Waals surface area (Å²) in [5.74, 6) is 0.401. The molecule has 0 aromatic carbocycles. The van der Waals surface area contributed by atoms with Crippen LogP contribution in [0.3, 0.4) is 0 Å². The predicted molar refractivity (Wildman–Crippen MR) is 108 cm³/mol. The molecule has 30 heavy (non-hydrogen) atoms. The van der Waals surface area contributed by atoms with E-state index in [0.29, 0.717) is 32.6 Å². The van der Waals surface area contributed by atoms with Crippen molar-refractivity contribution in [3.63, 3.8) is 0 Å². The van der Waals surface area contributed by atoms with Gasteiger partial charge in [0, 0.05) is 56.1 Å². The van der Waals surface area contributed by atoms with Crippen LogP contribution in [0.4, 0.5) is 14.5 Å². The number of amides is 1. The van der Waals surface area contributed by atoms with Gasteiger partial charge in [0.2, 0.25) is 5.91 Å². The molecule has 2 aromatic heterocycles. The zero-order valence-electron chi connectivity index (χ0n) is 17.0. The summed E-state index contributed by atoms with van der Waals surface area (Å²) in [6, 6.07) is 3.18. The van der Waals surface area contributed by atoms with E-state index in [2.05, 4.69) is 17.2 Å². The predicted octanol–water partition coefficient (Wildman–Crippen LogP) is 2.74. The van der Waals surface area contributed by atoms with Crippen molar-refractivity contribution < 1.29 is 13.6 Å². The molecule has 5 heterocycles. The molecule has 1 amide bonds. The molecule has 3 aliphatic heterocycles. The van der Waals surface area contributed by atoms with Crippen LogP contribution >= 0.6 is 0 Å². The van der Waals surface area contributed by atoms with Crippen LogP contribution in [0.2, 0.25) is 0 Å². The maximum absolute atomic E-state index is 12.9. The lowest BCUT2D eigenvalue weighted by Crippen LogP contribution is -2.48. The molecule has 1 fully saturated rings. The molecule has 5 rings (SSSR count). The van der Waals surface area contributed by atoms with Crippen LogP contribution < -0.4 is 10.2 Å². The van der Waals surface area contributed by atoms with Crippen LogP contribution in [0.5, 0.6) is 0 Å². The fourth-order valence-corrected chi connectivity index (χ4v) is 4.84. The van der Waals surface area contributed by atoms with Gasteiger partial charge in [0.25, 0.3) is 6.43 Å². The second kappa shape index (κ2) is 7.58. The van der Waals surface area contributed by atoms with Gasteiger partial charge in [0.05, 0.1) is 12.2 Å². The van der Waals surface area contributed by atoms with Crippen molar-refractivity contribution in [2.75, 3.05) is 24.5 Å². The van der Waals surface area contributed by atoms with Crippen LogP contribution in [-0.4, -0.2) is 40.4 Å². The summed E-state index contributed by atoms with van der Waals surface area (Å²) < 4.78 is 25.7. The van der Waals surface area contributed by atoms with Gasteiger partial charge in [-0.1, -0.05) is 0 Å². The van der Waals surface area contributed by atoms with Gasteiger partial charge in [-0.05, 0) is 48.7 Å². The number of pyridine rings is 2. The molecule has 0 spiro atoms. The molecule has 1 saturated heterocycles. The molecule has 0 saturated carbocycles. The average Bonchev–Trinajstić information content (AvgIpc) is 3.15. The van der Waals surface area contributed by atoms with Crippen molar-refractivity contribution in [1.29, 1.82) is 0 Å². The summed E-state index contributed by atoms with van der Waals surface area (Å²) in [5.41, 5.74) is 6.59. The number of aromatic nitrogens is 2. The minimum atomic E-state index is -2.57. The third-order valence-corrected chi connectivity index (χ3v) is 6.49. The van der Waals surface area contributed by atoms with Crippen LogP contribution in [0.25, 0.3) is 0 Å². The second-order valence-corrected chi connectivity index (χ2v) is 8.47. The first-order valence-electron chi connectivity index (χ1n) is 10.5. The Morgan fingerprint density at radius 3 is 2.90 bits per heavy atom. The maximum Gasteiger partial charge on any atom is 0.280 e. The number of alkyl halides is 2. The Labute approximate surface area is 174 Å². The molecular formula is C22H25F2N5O. The van der Waals surface area contributed by atoms with Crippen LogP contribution in [0.15, 0.2) is 18.3 Å². The summed E-state index contributed by atoms with van der Waals surface area (Å²) in [5, 5.41) is 3.40. The van der Waals surface area contributed by atoms with Crippen LogP contribution in [0, 0.1) is 12.8 Å². The number of rotatable bonds is 4. The third kappa shape index (κ3) is 3.43. The number of aryl methyl sites for hydroxylation is 1. The number of nitrogens with zero attached hydrogens (tertiary/aromatic N) is 4. The van der Waals surface area contributed by atoms with Crippen LogP contribution in [-0.2, 0) is 30.8 Å². The molecule has 0 radical (unpaired) electrons. The lowest BCUT2D eigenvalue weighted by atomic mass is 9.94. The van der Waals surface area contributed by atoms with Crippen molar-refractivity contribution in [2.24, 2.45) is 5.92 Å². The highest BCUT2D eigenvalue weighted by Crippen LogP contribution is 2.33. The van der Waals surface area contributed by atoms with E-state index >= 15 is 0 Å². The number of anilines is 1. The first-order valence-corrected chi connectivity index (χ1v) is 10.5. The number of fused-ring (bicyclic) bond motifs is 3. The largest absolute Gasteiger partial charge is 0.371 e. The van der Waals surface area contributed by atoms with Gasteiger partial charge in [-0.25, -0.2) is 8.78 Å². The number of hydrogen-bond acceptors (Lipinski definition) is 5. The molecule has 0 bridgehead atoms. The maximum atomic E-state index is 12.9. The van der Waals surface area contributed by atoms with Gasteiger partial charge < -0.3 is 15.1 Å². The molecule has 0 unspecified atom stereocenters. The summed E-state index contributed by atoms with van der Waals surface area (Å²) in [4.78, 5) is 25.3. The number of nitrogens with one attached hydrogen (secondary N) is 1. The standard InChI is InChI=1S/C22H25F2N5O/c1-13-17-8-25-4-3-16(17)18-11-29(12-20(18)27-13)21(30)6-14-9-28(10-14)15-2-5-26-19(7-15)22(23)24/h2,5,7,14,22,25H,3-4,6,8-12H2,1H3. The summed E-state index contributed by atoms with van der Waals surface area (Å²) in [6.07, 6.45) is 0.328. The highest BCUT2D eigenvalue weighted by molar-refractivity contribution is 5.78. The lowest BCUT2D eigenvalue weighted by molar-refractivity contribution is -0.133. The minimum Gasteiger partial charge on any atom is -0.371 e. The molecule has 6 nitrogen and oxygen atoms in total. The average molecular weight is 413 g/mol. The highest BCUT2D eigenvalue weighted by atomic mass is 19.3. The molecule has 8 heteroatoms. The smallest absolute Gasteiger partial charge is 0.280 e. The Morgan fingerprint density at radius 1 is 1.27 bits per heavy atom. The van der Waals surface area contributed by atoms with Gasteiger partial charge in [-0.15, -0.1) is 0 Å². The van der Waals surface area contributed by atoms with E-state index in [-0.39, 0.29) is 17.5 Å². The SMILES string of the molecule is Cc1nc2c(c3c1CNCC3)CN(C(=O)CC1CN(c3ccnc(C(F)F)c3)C1)C2. The third-order valence-electron chi connectivity index (χ3n) is 6.49. The lowest BCUT2D eigenvalue weighted by Gasteiger charge is -2.41. The fraction of sp³-hybridized carbons (Fsp3) is 0.500. The molecule has 3 aliphatic rings. The van der Waals surface area contributed by atoms with Crippen molar-refractivity contribution in [3.05, 3.63) is 52.1 Å².